The molecule has 0 saturated carbocycles. The lowest BCUT2D eigenvalue weighted by Gasteiger charge is -2.05. The van der Waals surface area contributed by atoms with Gasteiger partial charge >= 0.3 is 0 Å². The first-order valence-corrected chi connectivity index (χ1v) is 9.29. The van der Waals surface area contributed by atoms with Crippen LogP contribution >= 0.6 is 11.6 Å². The molecule has 2 rings (SSSR count). The van der Waals surface area contributed by atoms with E-state index < -0.39 is 5.91 Å². The summed E-state index contributed by atoms with van der Waals surface area (Å²) in [6.45, 7) is 5.57. The molecule has 0 saturated heterocycles. The molecule has 1 aromatic heterocycles. The molecule has 0 aliphatic rings. The molecule has 0 bridgehead atoms. The van der Waals surface area contributed by atoms with Crippen molar-refractivity contribution >= 4 is 23.6 Å². The molecule has 0 aliphatic heterocycles. The Balaban J connectivity index is 2.12. The average molecular weight is 405 g/mol. The second-order valence-corrected chi connectivity index (χ2v) is 6.41. The third-order valence-corrected chi connectivity index (χ3v) is 4.36. The zero-order valence-corrected chi connectivity index (χ0v) is 16.6. The maximum absolute atomic E-state index is 13.0. The predicted molar refractivity (Wildman–Crippen MR) is 105 cm³/mol. The van der Waals surface area contributed by atoms with Crippen molar-refractivity contribution in [3.05, 3.63) is 57.6 Å². The molecule has 1 heterocycles. The van der Waals surface area contributed by atoms with E-state index in [0.29, 0.717) is 49.1 Å². The van der Waals surface area contributed by atoms with E-state index in [-0.39, 0.29) is 11.4 Å². The van der Waals surface area contributed by atoms with Crippen molar-refractivity contribution in [2.75, 3.05) is 19.8 Å². The summed E-state index contributed by atoms with van der Waals surface area (Å²) in [5.41, 5.74) is 1.87. The van der Waals surface area contributed by atoms with Gasteiger partial charge in [0.05, 0.1) is 12.2 Å². The third kappa shape index (κ3) is 5.91. The molecule has 6 nitrogen and oxygen atoms in total. The van der Waals surface area contributed by atoms with Crippen LogP contribution in [0.2, 0.25) is 5.15 Å². The van der Waals surface area contributed by atoms with Gasteiger partial charge in [0.15, 0.2) is 0 Å². The Bertz CT molecular complexity index is 885. The lowest BCUT2D eigenvalue weighted by Crippen LogP contribution is -2.26. The summed E-state index contributed by atoms with van der Waals surface area (Å²) in [4.78, 5) is 12.2. The van der Waals surface area contributed by atoms with Crippen LogP contribution in [-0.2, 0) is 16.1 Å². The van der Waals surface area contributed by atoms with Crippen molar-refractivity contribution in [2.45, 2.75) is 26.8 Å². The summed E-state index contributed by atoms with van der Waals surface area (Å²) in [6.07, 6.45) is 2.09. The fraction of sp³-hybridized carbons (Fsp3) is 0.350. The molecule has 0 aliphatic carbocycles. The number of amides is 1. The topological polar surface area (TPSA) is 79.9 Å². The molecule has 0 radical (unpaired) electrons. The van der Waals surface area contributed by atoms with Gasteiger partial charge in [-0.05, 0) is 44.0 Å². The van der Waals surface area contributed by atoms with Crippen LogP contribution in [-0.4, -0.2) is 35.4 Å². The van der Waals surface area contributed by atoms with Crippen molar-refractivity contribution in [2.24, 2.45) is 0 Å². The van der Waals surface area contributed by atoms with E-state index in [0.717, 1.165) is 5.56 Å². The highest BCUT2D eigenvalue weighted by molar-refractivity contribution is 6.31. The number of carbonyl (C=O) groups is 1. The monoisotopic (exact) mass is 404 g/mol. The number of benzene rings is 1. The molecule has 0 spiro atoms. The van der Waals surface area contributed by atoms with E-state index in [1.807, 2.05) is 13.0 Å². The van der Waals surface area contributed by atoms with Crippen molar-refractivity contribution in [1.82, 2.24) is 15.1 Å². The smallest absolute Gasteiger partial charge is 0.261 e. The molecule has 28 heavy (non-hydrogen) atoms. The minimum Gasteiger partial charge on any atom is -0.382 e. The molecular weight excluding hydrogens is 383 g/mol. The highest BCUT2D eigenvalue weighted by atomic mass is 35.5. The van der Waals surface area contributed by atoms with Gasteiger partial charge in [0.25, 0.3) is 5.91 Å². The zero-order chi connectivity index (χ0) is 20.5. The highest BCUT2D eigenvalue weighted by Crippen LogP contribution is 2.23. The Hall–Kier alpha value is -2.69. The number of hydrogen-bond donors (Lipinski definition) is 1. The number of hydrogen-bond acceptors (Lipinski definition) is 4. The van der Waals surface area contributed by atoms with Gasteiger partial charge in [-0.2, -0.15) is 10.4 Å². The van der Waals surface area contributed by atoms with E-state index >= 15 is 0 Å². The summed E-state index contributed by atoms with van der Waals surface area (Å²) < 4.78 is 19.8. The molecule has 8 heteroatoms. The summed E-state index contributed by atoms with van der Waals surface area (Å²) >= 11 is 6.40. The molecule has 1 amide bonds. The van der Waals surface area contributed by atoms with E-state index in [4.69, 9.17) is 16.3 Å². The van der Waals surface area contributed by atoms with Crippen LogP contribution in [0.1, 0.15) is 30.2 Å². The molecular formula is C20H22ClFN4O2. The SMILES string of the molecule is CCOCCCNC(=O)/C(C#N)=C/c1c(C)nn(Cc2ccc(F)cc2)c1Cl. The van der Waals surface area contributed by atoms with Gasteiger partial charge in [-0.15, -0.1) is 0 Å². The molecule has 0 atom stereocenters. The lowest BCUT2D eigenvalue weighted by atomic mass is 10.1. The Morgan fingerprint density at radius 1 is 1.43 bits per heavy atom. The van der Waals surface area contributed by atoms with Gasteiger partial charge in [-0.1, -0.05) is 23.7 Å². The van der Waals surface area contributed by atoms with Crippen LogP contribution in [0, 0.1) is 24.1 Å². The van der Waals surface area contributed by atoms with Crippen molar-refractivity contribution in [1.29, 1.82) is 5.26 Å². The first-order valence-electron chi connectivity index (χ1n) is 8.91. The number of ether oxygens (including phenoxy) is 1. The van der Waals surface area contributed by atoms with Gasteiger partial charge < -0.3 is 10.1 Å². The Morgan fingerprint density at radius 3 is 2.79 bits per heavy atom. The van der Waals surface area contributed by atoms with Crippen LogP contribution in [0.3, 0.4) is 0 Å². The average Bonchev–Trinajstić information content (AvgIpc) is 2.94. The molecule has 1 N–H and O–H groups in total. The Morgan fingerprint density at radius 2 is 2.14 bits per heavy atom. The maximum atomic E-state index is 13.0. The van der Waals surface area contributed by atoms with E-state index in [1.165, 1.54) is 18.2 Å². The minimum atomic E-state index is -0.472. The first-order chi connectivity index (χ1) is 13.5. The third-order valence-electron chi connectivity index (χ3n) is 3.96. The second-order valence-electron chi connectivity index (χ2n) is 6.05. The van der Waals surface area contributed by atoms with Crippen LogP contribution in [0.15, 0.2) is 29.8 Å². The fourth-order valence-electron chi connectivity index (χ4n) is 2.51. The number of halogens is 2. The zero-order valence-electron chi connectivity index (χ0n) is 15.8. The molecule has 0 fully saturated rings. The maximum Gasteiger partial charge on any atom is 0.261 e. The van der Waals surface area contributed by atoms with E-state index in [1.54, 1.807) is 23.7 Å². The Kier molecular flexibility index (Phi) is 8.18. The van der Waals surface area contributed by atoms with Gasteiger partial charge in [-0.3, -0.25) is 4.79 Å². The normalized spacial score (nSPS) is 11.3. The number of carbonyl (C=O) groups excluding carboxylic acids is 1. The van der Waals surface area contributed by atoms with Crippen molar-refractivity contribution < 1.29 is 13.9 Å². The second kappa shape index (κ2) is 10.6. The lowest BCUT2D eigenvalue weighted by molar-refractivity contribution is -0.117. The first kappa shape index (κ1) is 21.6. The minimum absolute atomic E-state index is 0.0530. The summed E-state index contributed by atoms with van der Waals surface area (Å²) in [7, 11) is 0. The van der Waals surface area contributed by atoms with Crippen LogP contribution < -0.4 is 5.32 Å². The number of nitrogens with zero attached hydrogens (tertiary/aromatic N) is 3. The quantitative estimate of drug-likeness (QED) is 0.394. The van der Waals surface area contributed by atoms with Crippen LogP contribution in [0.25, 0.3) is 6.08 Å². The number of aryl methyl sites for hydroxylation is 1. The molecule has 0 unspecified atom stereocenters. The van der Waals surface area contributed by atoms with Gasteiger partial charge in [-0.25, -0.2) is 9.07 Å². The molecule has 2 aromatic rings. The standard InChI is InChI=1S/C20H22ClFN4O2/c1-3-28-10-4-9-24-20(27)16(12-23)11-18-14(2)25-26(19(18)21)13-15-5-7-17(22)8-6-15/h5-8,11H,3-4,9-10,13H2,1-2H3,(H,24,27)/b16-11+. The van der Waals surface area contributed by atoms with Crippen molar-refractivity contribution in [3.8, 4) is 6.07 Å². The number of nitrogens with one attached hydrogen (secondary N) is 1. The molecule has 148 valence electrons. The van der Waals surface area contributed by atoms with Gasteiger partial charge in [0.2, 0.25) is 0 Å². The number of nitriles is 1. The van der Waals surface area contributed by atoms with Gasteiger partial charge in [0, 0.05) is 25.3 Å². The highest BCUT2D eigenvalue weighted by Gasteiger charge is 2.16. The fourth-order valence-corrected chi connectivity index (χ4v) is 2.80. The summed E-state index contributed by atoms with van der Waals surface area (Å²) in [5, 5.41) is 16.7. The van der Waals surface area contributed by atoms with Gasteiger partial charge in [0.1, 0.15) is 22.6 Å². The van der Waals surface area contributed by atoms with Crippen LogP contribution in [0.5, 0.6) is 0 Å². The Labute approximate surface area is 168 Å². The summed E-state index contributed by atoms with van der Waals surface area (Å²) in [6, 6.07) is 7.93. The van der Waals surface area contributed by atoms with Crippen molar-refractivity contribution in [3.63, 3.8) is 0 Å². The van der Waals surface area contributed by atoms with Crippen LogP contribution in [0.4, 0.5) is 4.39 Å². The van der Waals surface area contributed by atoms with E-state index in [9.17, 15) is 14.4 Å². The molecule has 1 aromatic carbocycles. The predicted octanol–water partition coefficient (Wildman–Crippen LogP) is 3.48. The van der Waals surface area contributed by atoms with E-state index in [2.05, 4.69) is 10.4 Å². The summed E-state index contributed by atoms with van der Waals surface area (Å²) in [5.74, 6) is -0.790. The number of aromatic nitrogens is 2. The largest absolute Gasteiger partial charge is 0.382 e. The number of rotatable bonds is 9.